The maximum Gasteiger partial charge on any atom is 0.306 e. The number of hydrogen-bond donors (Lipinski definition) is 1. The standard InChI is InChI=1S/C15H20O2/c1-9-5-4-6-13(11(9)3)10(2)7-12-8-14(12)15(16)17/h4-6,10,12,14H,7-8H2,1-3H3,(H,16,17). The molecule has 2 heteroatoms. The van der Waals surface area contributed by atoms with Crippen molar-refractivity contribution in [1.82, 2.24) is 0 Å². The van der Waals surface area contributed by atoms with Crippen molar-refractivity contribution in [2.24, 2.45) is 11.8 Å². The summed E-state index contributed by atoms with van der Waals surface area (Å²) in [7, 11) is 0. The van der Waals surface area contributed by atoms with Gasteiger partial charge in [-0.15, -0.1) is 0 Å². The minimum absolute atomic E-state index is 0.0810. The van der Waals surface area contributed by atoms with Gasteiger partial charge in [-0.05, 0) is 55.2 Å². The second-order valence-electron chi connectivity index (χ2n) is 5.37. The fourth-order valence-electron chi connectivity index (χ4n) is 2.70. The Morgan fingerprint density at radius 2 is 2.18 bits per heavy atom. The van der Waals surface area contributed by atoms with Crippen molar-refractivity contribution < 1.29 is 9.90 Å². The second-order valence-corrected chi connectivity index (χ2v) is 5.37. The molecule has 2 rings (SSSR count). The molecule has 1 N–H and O–H groups in total. The Kier molecular flexibility index (Phi) is 3.23. The van der Waals surface area contributed by atoms with Crippen molar-refractivity contribution >= 4 is 5.97 Å². The van der Waals surface area contributed by atoms with Gasteiger partial charge in [-0.2, -0.15) is 0 Å². The molecule has 92 valence electrons. The molecule has 1 aliphatic carbocycles. The van der Waals surface area contributed by atoms with Crippen molar-refractivity contribution in [3.05, 3.63) is 34.9 Å². The Balaban J connectivity index is 2.03. The highest BCUT2D eigenvalue weighted by molar-refractivity contribution is 5.73. The Bertz CT molecular complexity index is 437. The van der Waals surface area contributed by atoms with Crippen LogP contribution in [0.15, 0.2) is 18.2 Å². The van der Waals surface area contributed by atoms with E-state index in [4.69, 9.17) is 5.11 Å². The molecule has 0 aliphatic heterocycles. The summed E-state index contributed by atoms with van der Waals surface area (Å²) < 4.78 is 0. The Morgan fingerprint density at radius 1 is 1.47 bits per heavy atom. The summed E-state index contributed by atoms with van der Waals surface area (Å²) in [5, 5.41) is 8.91. The molecule has 1 aromatic carbocycles. The zero-order chi connectivity index (χ0) is 12.6. The van der Waals surface area contributed by atoms with Crippen molar-refractivity contribution in [3.8, 4) is 0 Å². The van der Waals surface area contributed by atoms with E-state index in [1.165, 1.54) is 16.7 Å². The van der Waals surface area contributed by atoms with Crippen LogP contribution in [0.1, 0.15) is 42.4 Å². The minimum atomic E-state index is -0.622. The molecule has 1 aromatic rings. The van der Waals surface area contributed by atoms with Crippen molar-refractivity contribution in [2.75, 3.05) is 0 Å². The molecule has 1 fully saturated rings. The van der Waals surface area contributed by atoms with Crippen LogP contribution in [-0.4, -0.2) is 11.1 Å². The zero-order valence-corrected chi connectivity index (χ0v) is 10.7. The molecule has 3 unspecified atom stereocenters. The highest BCUT2D eigenvalue weighted by atomic mass is 16.4. The molecule has 2 nitrogen and oxygen atoms in total. The molecule has 0 spiro atoms. The average molecular weight is 232 g/mol. The summed E-state index contributed by atoms with van der Waals surface area (Å²) in [5.74, 6) is 0.150. The third-order valence-electron chi connectivity index (χ3n) is 4.07. The fourth-order valence-corrected chi connectivity index (χ4v) is 2.70. The van der Waals surface area contributed by atoms with Gasteiger partial charge in [0.15, 0.2) is 0 Å². The summed E-state index contributed by atoms with van der Waals surface area (Å²) >= 11 is 0. The number of rotatable bonds is 4. The first kappa shape index (κ1) is 12.2. The second kappa shape index (κ2) is 4.52. The van der Waals surface area contributed by atoms with Crippen molar-refractivity contribution in [2.45, 2.75) is 39.5 Å². The van der Waals surface area contributed by atoms with E-state index in [0.29, 0.717) is 11.8 Å². The van der Waals surface area contributed by atoms with E-state index in [1.807, 2.05) is 0 Å². The fraction of sp³-hybridized carbons (Fsp3) is 0.533. The van der Waals surface area contributed by atoms with Gasteiger partial charge < -0.3 is 5.11 Å². The van der Waals surface area contributed by atoms with Gasteiger partial charge in [0.2, 0.25) is 0 Å². The third-order valence-corrected chi connectivity index (χ3v) is 4.07. The van der Waals surface area contributed by atoms with Gasteiger partial charge in [0.05, 0.1) is 5.92 Å². The molecule has 0 amide bonds. The van der Waals surface area contributed by atoms with Crippen LogP contribution in [0.3, 0.4) is 0 Å². The van der Waals surface area contributed by atoms with Crippen LogP contribution in [0.2, 0.25) is 0 Å². The average Bonchev–Trinajstić information content (AvgIpc) is 3.01. The molecule has 17 heavy (non-hydrogen) atoms. The third kappa shape index (κ3) is 2.51. The van der Waals surface area contributed by atoms with Gasteiger partial charge in [0.25, 0.3) is 0 Å². The lowest BCUT2D eigenvalue weighted by Crippen LogP contribution is -2.03. The van der Waals surface area contributed by atoms with E-state index >= 15 is 0 Å². The van der Waals surface area contributed by atoms with Crippen LogP contribution in [0.25, 0.3) is 0 Å². The molecule has 1 aliphatic rings. The smallest absolute Gasteiger partial charge is 0.306 e. The van der Waals surface area contributed by atoms with E-state index in [2.05, 4.69) is 39.0 Å². The van der Waals surface area contributed by atoms with Crippen LogP contribution < -0.4 is 0 Å². The maximum atomic E-state index is 10.8. The number of aryl methyl sites for hydroxylation is 1. The van der Waals surface area contributed by atoms with Crippen LogP contribution >= 0.6 is 0 Å². The lowest BCUT2D eigenvalue weighted by atomic mass is 9.89. The number of carboxylic acids is 1. The molecule has 3 atom stereocenters. The van der Waals surface area contributed by atoms with Crippen LogP contribution in [0.5, 0.6) is 0 Å². The molecule has 0 heterocycles. The molecule has 0 bridgehead atoms. The Hall–Kier alpha value is -1.31. The summed E-state index contributed by atoms with van der Waals surface area (Å²) in [5.41, 5.74) is 4.05. The predicted molar refractivity (Wildman–Crippen MR) is 68.2 cm³/mol. The maximum absolute atomic E-state index is 10.8. The highest BCUT2D eigenvalue weighted by Gasteiger charge is 2.43. The van der Waals surface area contributed by atoms with Gasteiger partial charge in [0.1, 0.15) is 0 Å². The van der Waals surface area contributed by atoms with Gasteiger partial charge in [-0.25, -0.2) is 0 Å². The van der Waals surface area contributed by atoms with Crippen molar-refractivity contribution in [1.29, 1.82) is 0 Å². The minimum Gasteiger partial charge on any atom is -0.481 e. The van der Waals surface area contributed by atoms with E-state index in [-0.39, 0.29) is 5.92 Å². The zero-order valence-electron chi connectivity index (χ0n) is 10.7. The Morgan fingerprint density at radius 3 is 2.76 bits per heavy atom. The summed E-state index contributed by atoms with van der Waals surface area (Å²) in [4.78, 5) is 10.8. The number of carbonyl (C=O) groups is 1. The molecule has 0 radical (unpaired) electrons. The van der Waals surface area contributed by atoms with Gasteiger partial charge >= 0.3 is 5.97 Å². The summed E-state index contributed by atoms with van der Waals surface area (Å²) in [6.07, 6.45) is 1.87. The Labute approximate surface area is 103 Å². The van der Waals surface area contributed by atoms with E-state index < -0.39 is 5.97 Å². The first-order valence-electron chi connectivity index (χ1n) is 6.29. The highest BCUT2D eigenvalue weighted by Crippen LogP contribution is 2.45. The van der Waals surface area contributed by atoms with E-state index in [9.17, 15) is 4.79 Å². The largest absolute Gasteiger partial charge is 0.481 e. The molecule has 0 saturated heterocycles. The van der Waals surface area contributed by atoms with Gasteiger partial charge in [-0.1, -0.05) is 25.1 Å². The van der Waals surface area contributed by atoms with E-state index in [1.54, 1.807) is 0 Å². The number of benzene rings is 1. The van der Waals surface area contributed by atoms with Crippen LogP contribution in [0.4, 0.5) is 0 Å². The summed E-state index contributed by atoms with van der Waals surface area (Å²) in [6, 6.07) is 6.39. The van der Waals surface area contributed by atoms with Gasteiger partial charge in [-0.3, -0.25) is 4.79 Å². The van der Waals surface area contributed by atoms with E-state index in [0.717, 1.165) is 12.8 Å². The van der Waals surface area contributed by atoms with Crippen molar-refractivity contribution in [3.63, 3.8) is 0 Å². The predicted octanol–water partition coefficient (Wildman–Crippen LogP) is 3.52. The first-order valence-corrected chi connectivity index (χ1v) is 6.29. The normalized spacial score (nSPS) is 24.4. The van der Waals surface area contributed by atoms with Gasteiger partial charge in [0, 0.05) is 0 Å². The summed E-state index contributed by atoms with van der Waals surface area (Å²) in [6.45, 7) is 6.49. The van der Waals surface area contributed by atoms with Crippen LogP contribution in [-0.2, 0) is 4.79 Å². The SMILES string of the molecule is Cc1cccc(C(C)CC2CC2C(=O)O)c1C. The lowest BCUT2D eigenvalue weighted by Gasteiger charge is -2.16. The first-order chi connectivity index (χ1) is 8.00. The lowest BCUT2D eigenvalue weighted by molar-refractivity contribution is -0.138. The molecular formula is C15H20O2. The molecule has 0 aromatic heterocycles. The van der Waals surface area contributed by atoms with Crippen LogP contribution in [0, 0.1) is 25.7 Å². The molecule has 1 saturated carbocycles. The number of carboxylic acid groups (broad SMARTS) is 1. The number of aliphatic carboxylic acids is 1. The monoisotopic (exact) mass is 232 g/mol. The molecular weight excluding hydrogens is 212 g/mol. The topological polar surface area (TPSA) is 37.3 Å². The number of hydrogen-bond acceptors (Lipinski definition) is 1. The quantitative estimate of drug-likeness (QED) is 0.862.